The second-order valence-corrected chi connectivity index (χ2v) is 7.68. The van der Waals surface area contributed by atoms with Crippen LogP contribution in [0.4, 0.5) is 5.69 Å². The highest BCUT2D eigenvalue weighted by atomic mass is 16.5. The van der Waals surface area contributed by atoms with Crippen molar-refractivity contribution in [2.45, 2.75) is 26.4 Å². The Kier molecular flexibility index (Phi) is 5.97. The fourth-order valence-corrected chi connectivity index (χ4v) is 4.02. The quantitative estimate of drug-likeness (QED) is 0.597. The molecule has 152 valence electrons. The molecule has 0 amide bonds. The molecule has 0 unspecified atom stereocenters. The molecule has 0 N–H and O–H groups in total. The first kappa shape index (κ1) is 19.7. The Hall–Kier alpha value is -2.63. The van der Waals surface area contributed by atoms with Crippen LogP contribution in [0.3, 0.4) is 0 Å². The van der Waals surface area contributed by atoms with Crippen LogP contribution in [-0.2, 0) is 24.2 Å². The van der Waals surface area contributed by atoms with Gasteiger partial charge in [0.2, 0.25) is 0 Å². The van der Waals surface area contributed by atoms with E-state index in [9.17, 15) is 4.79 Å². The van der Waals surface area contributed by atoms with E-state index in [1.165, 1.54) is 16.8 Å². The zero-order chi connectivity index (χ0) is 20.2. The summed E-state index contributed by atoms with van der Waals surface area (Å²) in [7, 11) is 2.09. The van der Waals surface area contributed by atoms with Gasteiger partial charge in [0.05, 0.1) is 13.2 Å². The van der Waals surface area contributed by atoms with E-state index in [2.05, 4.69) is 60.2 Å². The van der Waals surface area contributed by atoms with E-state index < -0.39 is 0 Å². The molecule has 4 rings (SSSR count). The average molecular weight is 392 g/mol. The Morgan fingerprint density at radius 1 is 1.00 bits per heavy atom. The molecule has 5 heteroatoms. The Bertz CT molecular complexity index is 1040. The van der Waals surface area contributed by atoms with E-state index in [1.54, 1.807) is 6.07 Å². The van der Waals surface area contributed by atoms with Crippen LogP contribution in [0.2, 0.25) is 0 Å². The molecule has 2 heterocycles. The van der Waals surface area contributed by atoms with Crippen LogP contribution in [0.1, 0.15) is 23.6 Å². The first-order valence-corrected chi connectivity index (χ1v) is 10.3. The number of aryl methyl sites for hydroxylation is 1. The van der Waals surface area contributed by atoms with Crippen molar-refractivity contribution in [1.29, 1.82) is 0 Å². The summed E-state index contributed by atoms with van der Waals surface area (Å²) in [5.41, 5.74) is 5.12. The maximum absolute atomic E-state index is 12.1. The zero-order valence-electron chi connectivity index (χ0n) is 17.2. The standard InChI is InChI=1S/C24H28N2O3/c1-3-18-8-9-21-20(15-24(27)29-23(21)14-18)17-25(2)16-19-6-4-5-7-22(19)26-10-12-28-13-11-26/h4-9,14-15H,3,10-13,16-17H2,1-2H3. The fourth-order valence-electron chi connectivity index (χ4n) is 4.02. The van der Waals surface area contributed by atoms with Crippen molar-refractivity contribution in [3.8, 4) is 0 Å². The minimum atomic E-state index is -0.289. The van der Waals surface area contributed by atoms with Crippen LogP contribution >= 0.6 is 0 Å². The second kappa shape index (κ2) is 8.80. The van der Waals surface area contributed by atoms with Crippen molar-refractivity contribution in [2.24, 2.45) is 0 Å². The van der Waals surface area contributed by atoms with Crippen molar-refractivity contribution >= 4 is 16.7 Å². The van der Waals surface area contributed by atoms with Gasteiger partial charge in [0, 0.05) is 43.3 Å². The predicted octanol–water partition coefficient (Wildman–Crippen LogP) is 3.82. The summed E-state index contributed by atoms with van der Waals surface area (Å²) in [5, 5.41) is 1.01. The maximum Gasteiger partial charge on any atom is 0.336 e. The summed E-state index contributed by atoms with van der Waals surface area (Å²) in [5.74, 6) is 0. The number of fused-ring (bicyclic) bond motifs is 1. The second-order valence-electron chi connectivity index (χ2n) is 7.68. The number of nitrogens with zero attached hydrogens (tertiary/aromatic N) is 2. The minimum Gasteiger partial charge on any atom is -0.423 e. The molecular formula is C24H28N2O3. The van der Waals surface area contributed by atoms with Gasteiger partial charge >= 0.3 is 5.63 Å². The molecular weight excluding hydrogens is 364 g/mol. The van der Waals surface area contributed by atoms with Gasteiger partial charge < -0.3 is 14.1 Å². The fraction of sp³-hybridized carbons (Fsp3) is 0.375. The monoisotopic (exact) mass is 392 g/mol. The molecule has 0 bridgehead atoms. The molecule has 0 aliphatic carbocycles. The van der Waals surface area contributed by atoms with Crippen molar-refractivity contribution in [1.82, 2.24) is 4.90 Å². The summed E-state index contributed by atoms with van der Waals surface area (Å²) in [4.78, 5) is 16.7. The number of hydrogen-bond donors (Lipinski definition) is 0. The first-order valence-electron chi connectivity index (χ1n) is 10.3. The average Bonchev–Trinajstić information content (AvgIpc) is 2.74. The number of rotatable bonds is 6. The Balaban J connectivity index is 1.56. The summed E-state index contributed by atoms with van der Waals surface area (Å²) in [6.07, 6.45) is 0.919. The normalized spacial score (nSPS) is 14.7. The van der Waals surface area contributed by atoms with Crippen molar-refractivity contribution < 1.29 is 9.15 Å². The number of morpholine rings is 1. The van der Waals surface area contributed by atoms with E-state index in [-0.39, 0.29) is 5.63 Å². The van der Waals surface area contributed by atoms with E-state index in [0.29, 0.717) is 12.1 Å². The molecule has 29 heavy (non-hydrogen) atoms. The molecule has 5 nitrogen and oxygen atoms in total. The van der Waals surface area contributed by atoms with E-state index in [0.717, 1.165) is 50.2 Å². The van der Waals surface area contributed by atoms with Gasteiger partial charge in [-0.1, -0.05) is 37.3 Å². The molecule has 2 aromatic carbocycles. The molecule has 1 aliphatic rings. The lowest BCUT2D eigenvalue weighted by Gasteiger charge is -2.31. The Morgan fingerprint density at radius 2 is 1.76 bits per heavy atom. The highest BCUT2D eigenvalue weighted by Gasteiger charge is 2.16. The third-order valence-electron chi connectivity index (χ3n) is 5.53. The van der Waals surface area contributed by atoms with Crippen LogP contribution in [-0.4, -0.2) is 38.3 Å². The molecule has 3 aromatic rings. The van der Waals surface area contributed by atoms with Gasteiger partial charge in [-0.25, -0.2) is 4.79 Å². The van der Waals surface area contributed by atoms with Crippen molar-refractivity contribution in [2.75, 3.05) is 38.3 Å². The van der Waals surface area contributed by atoms with Crippen LogP contribution in [0.5, 0.6) is 0 Å². The topological polar surface area (TPSA) is 45.9 Å². The van der Waals surface area contributed by atoms with E-state index in [1.807, 2.05) is 6.07 Å². The molecule has 0 atom stereocenters. The van der Waals surface area contributed by atoms with Crippen LogP contribution in [0.15, 0.2) is 57.7 Å². The van der Waals surface area contributed by atoms with Gasteiger partial charge in [-0.05, 0) is 42.3 Å². The third-order valence-corrected chi connectivity index (χ3v) is 5.53. The van der Waals surface area contributed by atoms with Gasteiger partial charge in [-0.15, -0.1) is 0 Å². The molecule has 1 aliphatic heterocycles. The van der Waals surface area contributed by atoms with Crippen LogP contribution < -0.4 is 10.5 Å². The first-order chi connectivity index (χ1) is 14.1. The number of para-hydroxylation sites is 1. The van der Waals surface area contributed by atoms with Crippen LogP contribution in [0.25, 0.3) is 11.0 Å². The van der Waals surface area contributed by atoms with Gasteiger partial charge in [-0.3, -0.25) is 4.90 Å². The Labute approximate surface area is 171 Å². The van der Waals surface area contributed by atoms with Crippen molar-refractivity contribution in [3.05, 3.63) is 75.6 Å². The van der Waals surface area contributed by atoms with E-state index in [4.69, 9.17) is 9.15 Å². The lowest BCUT2D eigenvalue weighted by Crippen LogP contribution is -2.37. The molecule has 1 fully saturated rings. The molecule has 0 radical (unpaired) electrons. The third kappa shape index (κ3) is 4.52. The summed E-state index contributed by atoms with van der Waals surface area (Å²) >= 11 is 0. The molecule has 1 saturated heterocycles. The SMILES string of the molecule is CCc1ccc2c(CN(C)Cc3ccccc3N3CCOCC3)cc(=O)oc2c1. The highest BCUT2D eigenvalue weighted by Crippen LogP contribution is 2.25. The lowest BCUT2D eigenvalue weighted by molar-refractivity contribution is 0.122. The number of hydrogen-bond acceptors (Lipinski definition) is 5. The van der Waals surface area contributed by atoms with Gasteiger partial charge in [0.1, 0.15) is 5.58 Å². The summed E-state index contributed by atoms with van der Waals surface area (Å²) < 4.78 is 10.9. The molecule has 0 spiro atoms. The van der Waals surface area contributed by atoms with Crippen molar-refractivity contribution in [3.63, 3.8) is 0 Å². The smallest absolute Gasteiger partial charge is 0.336 e. The number of benzene rings is 2. The van der Waals surface area contributed by atoms with E-state index >= 15 is 0 Å². The Morgan fingerprint density at radius 3 is 2.55 bits per heavy atom. The number of ether oxygens (including phenoxy) is 1. The summed E-state index contributed by atoms with van der Waals surface area (Å²) in [6.45, 7) is 6.98. The maximum atomic E-state index is 12.1. The zero-order valence-corrected chi connectivity index (χ0v) is 17.2. The highest BCUT2D eigenvalue weighted by molar-refractivity contribution is 5.80. The minimum absolute atomic E-state index is 0.289. The molecule has 0 saturated carbocycles. The largest absolute Gasteiger partial charge is 0.423 e. The lowest BCUT2D eigenvalue weighted by atomic mass is 10.1. The number of anilines is 1. The van der Waals surface area contributed by atoms with Gasteiger partial charge in [0.25, 0.3) is 0 Å². The van der Waals surface area contributed by atoms with Gasteiger partial charge in [-0.2, -0.15) is 0 Å². The van der Waals surface area contributed by atoms with Crippen LogP contribution in [0, 0.1) is 0 Å². The van der Waals surface area contributed by atoms with Gasteiger partial charge in [0.15, 0.2) is 0 Å². The predicted molar refractivity (Wildman–Crippen MR) is 117 cm³/mol. The summed E-state index contributed by atoms with van der Waals surface area (Å²) in [6, 6.07) is 16.3. The molecule has 1 aromatic heterocycles.